The summed E-state index contributed by atoms with van der Waals surface area (Å²) < 4.78 is 17.5. The zero-order valence-electron chi connectivity index (χ0n) is 13.4. The molecular weight excluding hydrogens is 266 g/mol. The molecule has 0 amide bonds. The largest absolute Gasteiger partial charge is 0.381 e. The van der Waals surface area contributed by atoms with E-state index in [0.717, 1.165) is 45.1 Å². The summed E-state index contributed by atoms with van der Waals surface area (Å²) in [6.45, 7) is 8.80. The first-order chi connectivity index (χ1) is 10.2. The second-order valence-corrected chi connectivity index (χ2v) is 6.84. The molecule has 0 saturated carbocycles. The highest BCUT2D eigenvalue weighted by Gasteiger charge is 2.42. The Morgan fingerprint density at radius 2 is 2.10 bits per heavy atom. The van der Waals surface area contributed by atoms with Crippen molar-refractivity contribution in [1.82, 2.24) is 5.32 Å². The van der Waals surface area contributed by atoms with Crippen molar-refractivity contribution < 1.29 is 14.2 Å². The van der Waals surface area contributed by atoms with Crippen LogP contribution in [-0.4, -0.2) is 44.8 Å². The van der Waals surface area contributed by atoms with Gasteiger partial charge in [-0.1, -0.05) is 18.6 Å². The molecule has 1 N–H and O–H groups in total. The van der Waals surface area contributed by atoms with E-state index in [1.165, 1.54) is 12.8 Å². The molecule has 0 aromatic rings. The lowest BCUT2D eigenvalue weighted by Crippen LogP contribution is -2.40. The predicted octanol–water partition coefficient (Wildman–Crippen LogP) is 2.49. The Hall–Kier alpha value is -0.420. The molecule has 3 aliphatic rings. The Morgan fingerprint density at radius 1 is 1.29 bits per heavy atom. The maximum Gasteiger partial charge on any atom is 0.173 e. The maximum absolute atomic E-state index is 6.15. The summed E-state index contributed by atoms with van der Waals surface area (Å²) in [5, 5.41) is 3.60. The van der Waals surface area contributed by atoms with E-state index in [9.17, 15) is 0 Å². The second kappa shape index (κ2) is 6.78. The van der Waals surface area contributed by atoms with Gasteiger partial charge in [-0.3, -0.25) is 0 Å². The minimum Gasteiger partial charge on any atom is -0.381 e. The van der Waals surface area contributed by atoms with Crippen LogP contribution in [0.4, 0.5) is 0 Å². The van der Waals surface area contributed by atoms with Crippen molar-refractivity contribution >= 4 is 0 Å². The summed E-state index contributed by atoms with van der Waals surface area (Å²) >= 11 is 0. The standard InChI is InChI=1S/C17H29NO3/c1-13-4-3-5-14(2)16(13)11-18-10-15-12-20-17(21-15)6-8-19-9-7-17/h4,14-16,18H,3,5-12H2,1-2H3. The van der Waals surface area contributed by atoms with Gasteiger partial charge in [0.1, 0.15) is 0 Å². The smallest absolute Gasteiger partial charge is 0.173 e. The molecule has 3 unspecified atom stereocenters. The summed E-state index contributed by atoms with van der Waals surface area (Å²) in [5.41, 5.74) is 1.55. The average Bonchev–Trinajstić information content (AvgIpc) is 2.86. The molecule has 4 nitrogen and oxygen atoms in total. The normalized spacial score (nSPS) is 35.9. The summed E-state index contributed by atoms with van der Waals surface area (Å²) in [6.07, 6.45) is 6.88. The molecule has 1 aliphatic carbocycles. The van der Waals surface area contributed by atoms with Gasteiger partial charge in [0.2, 0.25) is 0 Å². The minimum absolute atomic E-state index is 0.186. The molecule has 2 fully saturated rings. The van der Waals surface area contributed by atoms with Crippen LogP contribution in [-0.2, 0) is 14.2 Å². The monoisotopic (exact) mass is 295 g/mol. The maximum atomic E-state index is 6.15. The Kier molecular flexibility index (Phi) is 4.99. The van der Waals surface area contributed by atoms with E-state index in [0.29, 0.717) is 12.5 Å². The van der Waals surface area contributed by atoms with E-state index >= 15 is 0 Å². The molecule has 2 saturated heterocycles. The van der Waals surface area contributed by atoms with Crippen molar-refractivity contribution in [2.24, 2.45) is 11.8 Å². The second-order valence-electron chi connectivity index (χ2n) is 6.84. The fourth-order valence-electron chi connectivity index (χ4n) is 3.80. The summed E-state index contributed by atoms with van der Waals surface area (Å²) in [6, 6.07) is 0. The lowest BCUT2D eigenvalue weighted by Gasteiger charge is -2.32. The summed E-state index contributed by atoms with van der Waals surface area (Å²) in [5.74, 6) is 1.11. The van der Waals surface area contributed by atoms with E-state index in [1.807, 2.05) is 0 Å². The van der Waals surface area contributed by atoms with Gasteiger partial charge in [0.25, 0.3) is 0 Å². The summed E-state index contributed by atoms with van der Waals surface area (Å²) in [4.78, 5) is 0. The first-order valence-electron chi connectivity index (χ1n) is 8.45. The van der Waals surface area contributed by atoms with Crippen LogP contribution in [0.1, 0.15) is 39.5 Å². The van der Waals surface area contributed by atoms with Crippen molar-refractivity contribution in [3.8, 4) is 0 Å². The number of ether oxygens (including phenoxy) is 3. The quantitative estimate of drug-likeness (QED) is 0.809. The molecule has 3 atom stereocenters. The molecule has 2 aliphatic heterocycles. The molecular formula is C17H29NO3. The van der Waals surface area contributed by atoms with Crippen LogP contribution in [0.5, 0.6) is 0 Å². The van der Waals surface area contributed by atoms with Crippen molar-refractivity contribution in [2.75, 3.05) is 32.9 Å². The van der Waals surface area contributed by atoms with Crippen molar-refractivity contribution in [3.63, 3.8) is 0 Å². The highest BCUT2D eigenvalue weighted by Crippen LogP contribution is 2.33. The van der Waals surface area contributed by atoms with Gasteiger partial charge >= 0.3 is 0 Å². The van der Waals surface area contributed by atoms with Crippen LogP contribution in [0.3, 0.4) is 0 Å². The number of allylic oxidation sites excluding steroid dienone is 1. The Morgan fingerprint density at radius 3 is 2.86 bits per heavy atom. The third-order valence-electron chi connectivity index (χ3n) is 5.26. The van der Waals surface area contributed by atoms with E-state index in [2.05, 4.69) is 25.2 Å². The first-order valence-corrected chi connectivity index (χ1v) is 8.45. The zero-order chi connectivity index (χ0) is 14.7. The zero-order valence-corrected chi connectivity index (χ0v) is 13.4. The number of rotatable bonds is 4. The topological polar surface area (TPSA) is 39.7 Å². The van der Waals surface area contributed by atoms with E-state index in [4.69, 9.17) is 14.2 Å². The van der Waals surface area contributed by atoms with Crippen LogP contribution in [0, 0.1) is 11.8 Å². The Balaban J connectivity index is 1.42. The first kappa shape index (κ1) is 15.5. The third-order valence-corrected chi connectivity index (χ3v) is 5.26. The predicted molar refractivity (Wildman–Crippen MR) is 82.1 cm³/mol. The summed E-state index contributed by atoms with van der Waals surface area (Å²) in [7, 11) is 0. The van der Waals surface area contributed by atoms with Crippen LogP contribution < -0.4 is 5.32 Å². The Bertz CT molecular complexity index is 376. The van der Waals surface area contributed by atoms with Gasteiger partial charge < -0.3 is 19.5 Å². The highest BCUT2D eigenvalue weighted by molar-refractivity contribution is 5.09. The van der Waals surface area contributed by atoms with Crippen LogP contribution in [0.25, 0.3) is 0 Å². The van der Waals surface area contributed by atoms with Gasteiger partial charge in [-0.05, 0) is 31.6 Å². The molecule has 120 valence electrons. The van der Waals surface area contributed by atoms with E-state index in [-0.39, 0.29) is 11.9 Å². The molecule has 0 radical (unpaired) electrons. The van der Waals surface area contributed by atoms with E-state index < -0.39 is 0 Å². The SMILES string of the molecule is CC1=CCCC(C)C1CNCC1COC2(CCOCC2)O1. The molecule has 21 heavy (non-hydrogen) atoms. The van der Waals surface area contributed by atoms with Gasteiger partial charge in [0.15, 0.2) is 5.79 Å². The van der Waals surface area contributed by atoms with Crippen LogP contribution >= 0.6 is 0 Å². The number of nitrogens with one attached hydrogen (secondary N) is 1. The van der Waals surface area contributed by atoms with Crippen molar-refractivity contribution in [1.29, 1.82) is 0 Å². The molecule has 3 rings (SSSR count). The number of hydrogen-bond donors (Lipinski definition) is 1. The fraction of sp³-hybridized carbons (Fsp3) is 0.882. The van der Waals surface area contributed by atoms with Gasteiger partial charge in [-0.25, -0.2) is 0 Å². The molecule has 1 spiro atoms. The van der Waals surface area contributed by atoms with Crippen molar-refractivity contribution in [3.05, 3.63) is 11.6 Å². The molecule has 0 aromatic heterocycles. The van der Waals surface area contributed by atoms with Crippen LogP contribution in [0.2, 0.25) is 0 Å². The molecule has 4 heteroatoms. The molecule has 2 heterocycles. The van der Waals surface area contributed by atoms with Gasteiger partial charge in [0, 0.05) is 25.9 Å². The van der Waals surface area contributed by atoms with Gasteiger partial charge in [0.05, 0.1) is 25.9 Å². The minimum atomic E-state index is -0.349. The van der Waals surface area contributed by atoms with Gasteiger partial charge in [-0.2, -0.15) is 0 Å². The fourth-order valence-corrected chi connectivity index (χ4v) is 3.80. The van der Waals surface area contributed by atoms with Gasteiger partial charge in [-0.15, -0.1) is 0 Å². The lowest BCUT2D eigenvalue weighted by molar-refractivity contribution is -0.210. The van der Waals surface area contributed by atoms with Crippen molar-refractivity contribution in [2.45, 2.75) is 51.4 Å². The van der Waals surface area contributed by atoms with Crippen LogP contribution in [0.15, 0.2) is 11.6 Å². The number of hydrogen-bond acceptors (Lipinski definition) is 4. The molecule has 0 aromatic carbocycles. The van der Waals surface area contributed by atoms with E-state index in [1.54, 1.807) is 5.57 Å². The lowest BCUT2D eigenvalue weighted by atomic mass is 9.80. The molecule has 0 bridgehead atoms. The Labute approximate surface area is 128 Å². The third kappa shape index (κ3) is 3.67. The average molecular weight is 295 g/mol. The highest BCUT2D eigenvalue weighted by atomic mass is 16.7.